The standard InChI is InChI=1S/C27H24N2O6/c1-16(25(30)29-14-24(26(31)32)35-23-13-7-6-12-22(23)29)28-27(33)34-15-21-19-10-4-2-8-17(19)18-9-3-5-11-20(18)21/h2-13,16,21,24H,14-15H2,1H3,(H,28,33)(H,31,32). The zero-order valence-electron chi connectivity index (χ0n) is 19.0. The maximum atomic E-state index is 13.2. The van der Waals surface area contributed by atoms with Gasteiger partial charge >= 0.3 is 12.1 Å². The third kappa shape index (κ3) is 4.19. The first kappa shape index (κ1) is 22.5. The zero-order chi connectivity index (χ0) is 24.5. The number of aliphatic carboxylic acids is 1. The van der Waals surface area contributed by atoms with E-state index in [2.05, 4.69) is 17.4 Å². The van der Waals surface area contributed by atoms with E-state index in [0.717, 1.165) is 22.3 Å². The van der Waals surface area contributed by atoms with Gasteiger partial charge in [0.15, 0.2) is 0 Å². The Balaban J connectivity index is 1.26. The molecular formula is C27H24N2O6. The SMILES string of the molecule is CC(NC(=O)OCC1c2ccccc2-c2ccccc21)C(=O)N1CC(C(=O)O)Oc2ccccc21. The monoisotopic (exact) mass is 472 g/mol. The number of carboxylic acid groups (broad SMARTS) is 1. The van der Waals surface area contributed by atoms with Crippen LogP contribution in [0, 0.1) is 0 Å². The summed E-state index contributed by atoms with van der Waals surface area (Å²) >= 11 is 0. The van der Waals surface area contributed by atoms with Gasteiger partial charge in [-0.05, 0) is 41.3 Å². The third-order valence-corrected chi connectivity index (χ3v) is 6.36. The van der Waals surface area contributed by atoms with Gasteiger partial charge in [-0.25, -0.2) is 9.59 Å². The maximum absolute atomic E-state index is 13.2. The molecule has 2 atom stereocenters. The zero-order valence-corrected chi connectivity index (χ0v) is 19.0. The quantitative estimate of drug-likeness (QED) is 0.585. The minimum absolute atomic E-state index is 0.0957. The number of fused-ring (bicyclic) bond motifs is 4. The van der Waals surface area contributed by atoms with Crippen LogP contribution in [-0.4, -0.2) is 48.4 Å². The summed E-state index contributed by atoms with van der Waals surface area (Å²) in [5.74, 6) is -1.43. The van der Waals surface area contributed by atoms with E-state index in [-0.39, 0.29) is 19.1 Å². The molecule has 2 aliphatic rings. The predicted molar refractivity (Wildman–Crippen MR) is 129 cm³/mol. The fraction of sp³-hybridized carbons (Fsp3) is 0.222. The molecule has 2 amide bonds. The molecule has 0 aromatic heterocycles. The summed E-state index contributed by atoms with van der Waals surface area (Å²) in [6.45, 7) is 1.50. The number of nitrogens with zero attached hydrogens (tertiary/aromatic N) is 1. The molecule has 1 aliphatic heterocycles. The molecule has 0 radical (unpaired) electrons. The van der Waals surface area contributed by atoms with Gasteiger partial charge in [-0.2, -0.15) is 0 Å². The molecule has 35 heavy (non-hydrogen) atoms. The summed E-state index contributed by atoms with van der Waals surface area (Å²) in [6, 6.07) is 21.8. The van der Waals surface area contributed by atoms with Gasteiger partial charge < -0.3 is 24.8 Å². The molecule has 1 heterocycles. The molecule has 0 spiro atoms. The van der Waals surface area contributed by atoms with E-state index in [1.165, 1.54) is 11.8 Å². The summed E-state index contributed by atoms with van der Waals surface area (Å²) < 4.78 is 11.0. The highest BCUT2D eigenvalue weighted by atomic mass is 16.5. The van der Waals surface area contributed by atoms with E-state index in [1.54, 1.807) is 24.3 Å². The summed E-state index contributed by atoms with van der Waals surface area (Å²) in [6.07, 6.45) is -1.92. The number of carbonyl (C=O) groups is 3. The number of para-hydroxylation sites is 2. The molecular weight excluding hydrogens is 448 g/mol. The first-order chi connectivity index (χ1) is 16.9. The van der Waals surface area contributed by atoms with Crippen molar-refractivity contribution < 1.29 is 29.0 Å². The number of carbonyl (C=O) groups excluding carboxylic acids is 2. The van der Waals surface area contributed by atoms with Gasteiger partial charge in [0.2, 0.25) is 12.0 Å². The number of hydrogen-bond acceptors (Lipinski definition) is 5. The average molecular weight is 472 g/mol. The minimum atomic E-state index is -1.20. The second-order valence-corrected chi connectivity index (χ2v) is 8.55. The van der Waals surface area contributed by atoms with Gasteiger partial charge in [-0.3, -0.25) is 4.79 Å². The van der Waals surface area contributed by atoms with E-state index in [1.807, 2.05) is 36.4 Å². The molecule has 0 saturated heterocycles. The Morgan fingerprint density at radius 3 is 2.26 bits per heavy atom. The van der Waals surface area contributed by atoms with Gasteiger partial charge in [0.1, 0.15) is 18.4 Å². The molecule has 0 fully saturated rings. The number of rotatable bonds is 5. The summed E-state index contributed by atoms with van der Waals surface area (Å²) in [5.41, 5.74) is 4.89. The minimum Gasteiger partial charge on any atom is -0.478 e. The first-order valence-electron chi connectivity index (χ1n) is 11.4. The lowest BCUT2D eigenvalue weighted by Gasteiger charge is -2.34. The Bertz CT molecular complexity index is 1260. The molecule has 2 N–H and O–H groups in total. The van der Waals surface area contributed by atoms with E-state index in [0.29, 0.717) is 11.4 Å². The van der Waals surface area contributed by atoms with Crippen molar-refractivity contribution in [3.63, 3.8) is 0 Å². The highest BCUT2D eigenvalue weighted by molar-refractivity contribution is 6.00. The summed E-state index contributed by atoms with van der Waals surface area (Å²) in [4.78, 5) is 38.6. The number of anilines is 1. The number of benzene rings is 3. The molecule has 8 nitrogen and oxygen atoms in total. The second-order valence-electron chi connectivity index (χ2n) is 8.55. The van der Waals surface area contributed by atoms with E-state index in [4.69, 9.17) is 9.47 Å². The third-order valence-electron chi connectivity index (χ3n) is 6.36. The Kier molecular flexibility index (Phi) is 5.86. The summed E-state index contributed by atoms with van der Waals surface area (Å²) in [5, 5.41) is 12.0. The van der Waals surface area contributed by atoms with Crippen LogP contribution in [0.15, 0.2) is 72.8 Å². The number of amides is 2. The van der Waals surface area contributed by atoms with E-state index >= 15 is 0 Å². The van der Waals surface area contributed by atoms with Crippen LogP contribution in [0.1, 0.15) is 24.0 Å². The molecule has 1 aliphatic carbocycles. The fourth-order valence-electron chi connectivity index (χ4n) is 4.68. The second kappa shape index (κ2) is 9.13. The molecule has 0 saturated carbocycles. The highest BCUT2D eigenvalue weighted by Crippen LogP contribution is 2.44. The molecule has 2 unspecified atom stereocenters. The molecule has 3 aromatic rings. The Hall–Kier alpha value is -4.33. The number of alkyl carbamates (subject to hydrolysis) is 1. The lowest BCUT2D eigenvalue weighted by Crippen LogP contribution is -2.53. The number of hydrogen-bond donors (Lipinski definition) is 2. The first-order valence-corrected chi connectivity index (χ1v) is 11.4. The lowest BCUT2D eigenvalue weighted by atomic mass is 9.98. The predicted octanol–water partition coefficient (Wildman–Crippen LogP) is 3.79. The van der Waals surface area contributed by atoms with Crippen LogP contribution in [0.3, 0.4) is 0 Å². The molecule has 3 aromatic carbocycles. The van der Waals surface area contributed by atoms with Crippen molar-refractivity contribution in [1.29, 1.82) is 0 Å². The number of carboxylic acids is 1. The Morgan fingerprint density at radius 1 is 1.00 bits per heavy atom. The van der Waals surface area contributed by atoms with Crippen molar-refractivity contribution in [2.24, 2.45) is 0 Å². The van der Waals surface area contributed by atoms with Gasteiger partial charge in [-0.1, -0.05) is 60.7 Å². The fourth-order valence-corrected chi connectivity index (χ4v) is 4.68. The van der Waals surface area contributed by atoms with Crippen molar-refractivity contribution in [3.05, 3.63) is 83.9 Å². The molecule has 5 rings (SSSR count). The van der Waals surface area contributed by atoms with Gasteiger partial charge in [0.25, 0.3) is 0 Å². The molecule has 0 bridgehead atoms. The van der Waals surface area contributed by atoms with Gasteiger partial charge in [0, 0.05) is 5.92 Å². The van der Waals surface area contributed by atoms with Crippen LogP contribution in [0.4, 0.5) is 10.5 Å². The van der Waals surface area contributed by atoms with Crippen LogP contribution < -0.4 is 15.0 Å². The normalized spacial score (nSPS) is 16.8. The van der Waals surface area contributed by atoms with Crippen molar-refractivity contribution in [2.75, 3.05) is 18.1 Å². The van der Waals surface area contributed by atoms with Crippen LogP contribution in [0.5, 0.6) is 5.75 Å². The highest BCUT2D eigenvalue weighted by Gasteiger charge is 2.36. The van der Waals surface area contributed by atoms with Crippen LogP contribution >= 0.6 is 0 Å². The number of ether oxygens (including phenoxy) is 2. The molecule has 8 heteroatoms. The van der Waals surface area contributed by atoms with Gasteiger partial charge in [0.05, 0.1) is 12.2 Å². The largest absolute Gasteiger partial charge is 0.478 e. The maximum Gasteiger partial charge on any atom is 0.407 e. The average Bonchev–Trinajstić information content (AvgIpc) is 3.20. The van der Waals surface area contributed by atoms with Gasteiger partial charge in [-0.15, -0.1) is 0 Å². The Labute approximate surface area is 202 Å². The Morgan fingerprint density at radius 2 is 1.60 bits per heavy atom. The van der Waals surface area contributed by atoms with Crippen LogP contribution in [0.25, 0.3) is 11.1 Å². The topological polar surface area (TPSA) is 105 Å². The van der Waals surface area contributed by atoms with E-state index < -0.39 is 30.1 Å². The van der Waals surface area contributed by atoms with Crippen molar-refractivity contribution in [1.82, 2.24) is 5.32 Å². The van der Waals surface area contributed by atoms with Crippen LogP contribution in [-0.2, 0) is 14.3 Å². The van der Waals surface area contributed by atoms with Crippen molar-refractivity contribution in [3.8, 4) is 16.9 Å². The smallest absolute Gasteiger partial charge is 0.407 e. The van der Waals surface area contributed by atoms with Crippen LogP contribution in [0.2, 0.25) is 0 Å². The van der Waals surface area contributed by atoms with E-state index in [9.17, 15) is 19.5 Å². The van der Waals surface area contributed by atoms with Crippen molar-refractivity contribution >= 4 is 23.7 Å². The summed E-state index contributed by atoms with van der Waals surface area (Å²) in [7, 11) is 0. The van der Waals surface area contributed by atoms with Crippen molar-refractivity contribution in [2.45, 2.75) is 25.0 Å². The number of nitrogens with one attached hydrogen (secondary N) is 1. The molecule has 178 valence electrons. The lowest BCUT2D eigenvalue weighted by molar-refractivity contribution is -0.145.